The Morgan fingerprint density at radius 2 is 2.43 bits per heavy atom. The van der Waals surface area contributed by atoms with Crippen molar-refractivity contribution in [3.05, 3.63) is 0 Å². The molecule has 7 heavy (non-hydrogen) atoms. The first-order valence-corrected chi connectivity index (χ1v) is 3.64. The first-order chi connectivity index (χ1) is 3.13. The first kappa shape index (κ1) is 7.50. The van der Waals surface area contributed by atoms with Gasteiger partial charge >= 0.3 is 8.25 Å². The van der Waals surface area contributed by atoms with E-state index >= 15 is 0 Å². The Balaban J connectivity index is 3.13. The van der Waals surface area contributed by atoms with Crippen molar-refractivity contribution in [2.75, 3.05) is 0 Å². The molecule has 0 bridgehead atoms. The van der Waals surface area contributed by atoms with Crippen LogP contribution in [0.1, 0.15) is 6.92 Å². The molecule has 1 N–H and O–H groups in total. The van der Waals surface area contributed by atoms with Crippen molar-refractivity contribution in [1.29, 1.82) is 0 Å². The number of alkyl halides is 1. The molecule has 0 rings (SSSR count). The van der Waals surface area contributed by atoms with Crippen molar-refractivity contribution < 1.29 is 14.0 Å². The number of halogens is 1. The monoisotopic (exact) mass is 187 g/mol. The maximum absolute atomic E-state index is 9.71. The molecule has 2 unspecified atom stereocenters. The largest absolute Gasteiger partial charge is 0.695 e. The summed E-state index contributed by atoms with van der Waals surface area (Å²) in [6.45, 7) is 1.61. The molecule has 0 amide bonds. The van der Waals surface area contributed by atoms with Gasteiger partial charge in [-0.2, -0.15) is 0 Å². The van der Waals surface area contributed by atoms with Gasteiger partial charge in [0.05, 0.1) is 0 Å². The van der Waals surface area contributed by atoms with Gasteiger partial charge in [0.15, 0.2) is 5.01 Å². The van der Waals surface area contributed by atoms with Crippen LogP contribution in [0.5, 0.6) is 0 Å². The van der Waals surface area contributed by atoms with Gasteiger partial charge < -0.3 is 0 Å². The van der Waals surface area contributed by atoms with Crippen LogP contribution in [0.4, 0.5) is 0 Å². The van der Waals surface area contributed by atoms with Gasteiger partial charge in [0.25, 0.3) is 0 Å². The molecular formula is C2H5BrO3P+. The predicted octanol–water partition coefficient (Wildman–Crippen LogP) is 1.39. The Morgan fingerprint density at radius 3 is 2.43 bits per heavy atom. The third-order valence-corrected chi connectivity index (χ3v) is 1.21. The minimum Gasteiger partial charge on any atom is -0.133 e. The van der Waals surface area contributed by atoms with Crippen molar-refractivity contribution in [3.63, 3.8) is 0 Å². The zero-order valence-electron chi connectivity index (χ0n) is 3.67. The summed E-state index contributed by atoms with van der Waals surface area (Å²) in [7, 11) is -2.44. The van der Waals surface area contributed by atoms with E-state index in [-0.39, 0.29) is 5.01 Å². The highest BCUT2D eigenvalue weighted by Crippen LogP contribution is 2.20. The molecule has 5 heteroatoms. The van der Waals surface area contributed by atoms with Crippen LogP contribution in [0.15, 0.2) is 0 Å². The van der Waals surface area contributed by atoms with Crippen LogP contribution in [-0.2, 0) is 9.09 Å². The Morgan fingerprint density at radius 1 is 2.00 bits per heavy atom. The Bertz CT molecular complexity index is 73.3. The summed E-state index contributed by atoms with van der Waals surface area (Å²) in [6, 6.07) is 0. The van der Waals surface area contributed by atoms with Crippen molar-refractivity contribution in [2.24, 2.45) is 0 Å². The molecule has 2 atom stereocenters. The van der Waals surface area contributed by atoms with Gasteiger partial charge in [0.1, 0.15) is 0 Å². The molecule has 0 saturated heterocycles. The average molecular weight is 188 g/mol. The van der Waals surface area contributed by atoms with E-state index in [1.165, 1.54) is 0 Å². The van der Waals surface area contributed by atoms with E-state index in [1.807, 2.05) is 0 Å². The van der Waals surface area contributed by atoms with E-state index in [0.717, 1.165) is 0 Å². The second kappa shape index (κ2) is 3.50. The minimum absolute atomic E-state index is 0.346. The SMILES string of the molecule is CC(Br)O[P+](=O)O. The van der Waals surface area contributed by atoms with Crippen LogP contribution < -0.4 is 0 Å². The van der Waals surface area contributed by atoms with Crippen LogP contribution in [0.25, 0.3) is 0 Å². The van der Waals surface area contributed by atoms with Gasteiger partial charge in [0, 0.05) is 4.57 Å². The van der Waals surface area contributed by atoms with Crippen molar-refractivity contribution in [2.45, 2.75) is 11.9 Å². The van der Waals surface area contributed by atoms with E-state index in [9.17, 15) is 4.57 Å². The van der Waals surface area contributed by atoms with Crippen LogP contribution in [0.3, 0.4) is 0 Å². The summed E-state index contributed by atoms with van der Waals surface area (Å²) in [5.41, 5.74) is 0. The highest BCUT2D eigenvalue weighted by atomic mass is 79.9. The molecule has 0 fully saturated rings. The fourth-order valence-electron chi connectivity index (χ4n) is 0.124. The van der Waals surface area contributed by atoms with Crippen molar-refractivity contribution in [3.8, 4) is 0 Å². The van der Waals surface area contributed by atoms with E-state index in [0.29, 0.717) is 0 Å². The highest BCUT2D eigenvalue weighted by molar-refractivity contribution is 9.09. The second-order valence-corrected chi connectivity index (χ2v) is 2.86. The lowest BCUT2D eigenvalue weighted by molar-refractivity contribution is 0.279. The zero-order chi connectivity index (χ0) is 5.86. The molecule has 0 spiro atoms. The van der Waals surface area contributed by atoms with Gasteiger partial charge in [-0.25, -0.2) is 0 Å². The van der Waals surface area contributed by atoms with Gasteiger partial charge in [-0.05, 0) is 6.92 Å². The molecule has 42 valence electrons. The van der Waals surface area contributed by atoms with Crippen LogP contribution in [0, 0.1) is 0 Å². The lowest BCUT2D eigenvalue weighted by Gasteiger charge is -1.83. The molecule has 0 aromatic carbocycles. The molecule has 3 nitrogen and oxygen atoms in total. The molecule has 0 heterocycles. The van der Waals surface area contributed by atoms with Crippen LogP contribution in [0.2, 0.25) is 0 Å². The van der Waals surface area contributed by atoms with Crippen molar-refractivity contribution in [1.82, 2.24) is 0 Å². The summed E-state index contributed by atoms with van der Waals surface area (Å²) in [6.07, 6.45) is 0. The standard InChI is InChI=1S/C2H4BrO3P/c1-2(3)6-7(4)5/h2H,1H3/p+1. The summed E-state index contributed by atoms with van der Waals surface area (Å²) in [4.78, 5) is 7.98. The lowest BCUT2D eigenvalue weighted by Crippen LogP contribution is -1.87. The van der Waals surface area contributed by atoms with E-state index in [1.54, 1.807) is 6.92 Å². The molecule has 0 aliphatic rings. The van der Waals surface area contributed by atoms with Crippen LogP contribution >= 0.6 is 24.2 Å². The molecule has 0 aromatic heterocycles. The molecule has 0 radical (unpaired) electrons. The smallest absolute Gasteiger partial charge is 0.133 e. The number of hydrogen-bond acceptors (Lipinski definition) is 2. The normalized spacial score (nSPS) is 16.1. The topological polar surface area (TPSA) is 46.5 Å². The molecule has 0 saturated carbocycles. The summed E-state index contributed by atoms with van der Waals surface area (Å²) >= 11 is 2.91. The zero-order valence-corrected chi connectivity index (χ0v) is 6.15. The molecule has 0 aromatic rings. The predicted molar refractivity (Wildman–Crippen MR) is 29.3 cm³/mol. The minimum atomic E-state index is -2.44. The van der Waals surface area contributed by atoms with Crippen LogP contribution in [-0.4, -0.2) is 9.91 Å². The Labute approximate surface area is 50.8 Å². The summed E-state index contributed by atoms with van der Waals surface area (Å²) in [5.74, 6) is 0. The quantitative estimate of drug-likeness (QED) is 0.526. The molecule has 0 aliphatic heterocycles. The van der Waals surface area contributed by atoms with Gasteiger partial charge in [-0.3, -0.25) is 0 Å². The number of hydrogen-bond donors (Lipinski definition) is 1. The average Bonchev–Trinajstić information content (AvgIpc) is 1.27. The maximum atomic E-state index is 9.71. The third kappa shape index (κ3) is 6.50. The van der Waals surface area contributed by atoms with E-state index in [2.05, 4.69) is 20.5 Å². The third-order valence-electron chi connectivity index (χ3n) is 0.235. The Kier molecular flexibility index (Phi) is 3.75. The van der Waals surface area contributed by atoms with Gasteiger partial charge in [0.2, 0.25) is 0 Å². The summed E-state index contributed by atoms with van der Waals surface area (Å²) in [5, 5.41) is -0.346. The first-order valence-electron chi connectivity index (χ1n) is 1.60. The maximum Gasteiger partial charge on any atom is 0.695 e. The highest BCUT2D eigenvalue weighted by Gasteiger charge is 2.14. The van der Waals surface area contributed by atoms with Gasteiger partial charge in [-0.15, -0.1) is 9.42 Å². The number of rotatable bonds is 2. The van der Waals surface area contributed by atoms with E-state index in [4.69, 9.17) is 4.89 Å². The van der Waals surface area contributed by atoms with Gasteiger partial charge in [-0.1, -0.05) is 15.9 Å². The molecule has 0 aliphatic carbocycles. The van der Waals surface area contributed by atoms with Crippen molar-refractivity contribution >= 4 is 24.2 Å². The lowest BCUT2D eigenvalue weighted by atomic mass is 10.9. The fourth-order valence-corrected chi connectivity index (χ4v) is 0.802. The summed E-state index contributed by atoms with van der Waals surface area (Å²) < 4.78 is 13.9. The second-order valence-electron chi connectivity index (χ2n) is 0.886. The fraction of sp³-hybridized carbons (Fsp3) is 1.00. The molecular weight excluding hydrogens is 183 g/mol. The Hall–Kier alpha value is 0.500. The van der Waals surface area contributed by atoms with E-state index < -0.39 is 8.25 Å².